The Kier molecular flexibility index (Phi) is 4.86. The van der Waals surface area contributed by atoms with E-state index in [9.17, 15) is 13.2 Å². The summed E-state index contributed by atoms with van der Waals surface area (Å²) in [5.41, 5.74) is 6.90. The molecule has 0 spiro atoms. The number of nitrogens with zero attached hydrogens (tertiary/aromatic N) is 2. The van der Waals surface area contributed by atoms with Crippen molar-refractivity contribution in [1.29, 1.82) is 0 Å². The molecule has 3 aromatic rings. The number of anilines is 1. The van der Waals surface area contributed by atoms with Gasteiger partial charge in [0.15, 0.2) is 0 Å². The first kappa shape index (κ1) is 18.2. The van der Waals surface area contributed by atoms with Crippen LogP contribution in [0.4, 0.5) is 5.69 Å². The van der Waals surface area contributed by atoms with Gasteiger partial charge < -0.3 is 4.57 Å². The zero-order valence-electron chi connectivity index (χ0n) is 13.9. The lowest BCUT2D eigenvalue weighted by Gasteiger charge is -2.11. The topological polar surface area (TPSA) is 105 Å². The number of aromatic nitrogens is 2. The maximum Gasteiger partial charge on any atom is 0.286 e. The molecule has 136 valence electrons. The van der Waals surface area contributed by atoms with E-state index in [0.29, 0.717) is 16.2 Å². The van der Waals surface area contributed by atoms with Crippen molar-refractivity contribution in [2.24, 2.45) is 7.05 Å². The van der Waals surface area contributed by atoms with Crippen LogP contribution in [0.1, 0.15) is 10.5 Å². The van der Waals surface area contributed by atoms with Crippen LogP contribution in [0.5, 0.6) is 0 Å². The highest BCUT2D eigenvalue weighted by atomic mass is 35.5. The van der Waals surface area contributed by atoms with Crippen molar-refractivity contribution in [2.45, 2.75) is 4.90 Å². The van der Waals surface area contributed by atoms with Gasteiger partial charge in [-0.25, -0.2) is 13.1 Å². The van der Waals surface area contributed by atoms with Gasteiger partial charge in [-0.2, -0.15) is 0 Å². The zero-order chi connectivity index (χ0) is 18.9. The lowest BCUT2D eigenvalue weighted by Crippen LogP contribution is -2.30. The van der Waals surface area contributed by atoms with Crippen molar-refractivity contribution in [3.05, 3.63) is 53.4 Å². The SMILES string of the molecule is CNS(=O)(=O)c1cc(C(=O)NNc2ccnc3cc(Cl)ccc23)n(C)c1. The van der Waals surface area contributed by atoms with Gasteiger partial charge in [-0.05, 0) is 37.4 Å². The molecular formula is C16H16ClN5O3S. The molecule has 1 aromatic carbocycles. The smallest absolute Gasteiger partial charge is 0.286 e. The number of carbonyl (C=O) groups excluding carboxylic acids is 1. The first-order valence-electron chi connectivity index (χ1n) is 7.52. The third-order valence-electron chi connectivity index (χ3n) is 3.81. The van der Waals surface area contributed by atoms with Gasteiger partial charge in [0.1, 0.15) is 10.6 Å². The zero-order valence-corrected chi connectivity index (χ0v) is 15.5. The Balaban J connectivity index is 1.82. The second-order valence-electron chi connectivity index (χ2n) is 5.48. The first-order valence-corrected chi connectivity index (χ1v) is 9.38. The van der Waals surface area contributed by atoms with Crippen LogP contribution in [-0.2, 0) is 17.1 Å². The number of hydrogen-bond donors (Lipinski definition) is 3. The molecule has 2 aromatic heterocycles. The molecule has 10 heteroatoms. The largest absolute Gasteiger partial charge is 0.345 e. The van der Waals surface area contributed by atoms with E-state index in [1.165, 1.54) is 23.9 Å². The standard InChI is InChI=1S/C16H16ClN5O3S/c1-18-26(24,25)11-8-15(22(2)9-11)16(23)21-20-13-5-6-19-14-7-10(17)3-4-12(13)14/h3-9,18H,1-2H3,(H,19,20)(H,21,23). The fourth-order valence-electron chi connectivity index (χ4n) is 2.44. The van der Waals surface area contributed by atoms with E-state index in [4.69, 9.17) is 11.6 Å². The first-order chi connectivity index (χ1) is 12.3. The summed E-state index contributed by atoms with van der Waals surface area (Å²) in [6.45, 7) is 0. The van der Waals surface area contributed by atoms with Crippen LogP contribution in [0, 0.1) is 0 Å². The van der Waals surface area contributed by atoms with Crippen molar-refractivity contribution in [2.75, 3.05) is 12.5 Å². The van der Waals surface area contributed by atoms with Gasteiger partial charge in [0.05, 0.1) is 11.2 Å². The molecule has 3 N–H and O–H groups in total. The molecule has 0 unspecified atom stereocenters. The van der Waals surface area contributed by atoms with Crippen LogP contribution >= 0.6 is 11.6 Å². The van der Waals surface area contributed by atoms with Crippen molar-refractivity contribution in [3.63, 3.8) is 0 Å². The van der Waals surface area contributed by atoms with Crippen LogP contribution < -0.4 is 15.6 Å². The quantitative estimate of drug-likeness (QED) is 0.574. The van der Waals surface area contributed by atoms with Gasteiger partial charge in [0, 0.05) is 29.9 Å². The number of aryl methyl sites for hydroxylation is 1. The van der Waals surface area contributed by atoms with Gasteiger partial charge in [-0.1, -0.05) is 11.6 Å². The van der Waals surface area contributed by atoms with E-state index < -0.39 is 15.9 Å². The molecule has 3 rings (SSSR count). The van der Waals surface area contributed by atoms with E-state index in [1.54, 1.807) is 37.5 Å². The van der Waals surface area contributed by atoms with Gasteiger partial charge in [0.25, 0.3) is 5.91 Å². The number of pyridine rings is 1. The lowest BCUT2D eigenvalue weighted by molar-refractivity contribution is 0.0954. The minimum atomic E-state index is -3.63. The van der Waals surface area contributed by atoms with Crippen LogP contribution in [0.15, 0.2) is 47.6 Å². The summed E-state index contributed by atoms with van der Waals surface area (Å²) in [4.78, 5) is 16.6. The van der Waals surface area contributed by atoms with E-state index in [0.717, 1.165) is 5.39 Å². The van der Waals surface area contributed by atoms with Gasteiger partial charge in [-0.15, -0.1) is 0 Å². The predicted molar refractivity (Wildman–Crippen MR) is 99.5 cm³/mol. The third-order valence-corrected chi connectivity index (χ3v) is 5.42. The summed E-state index contributed by atoms with van der Waals surface area (Å²) in [6.07, 6.45) is 2.96. The normalized spacial score (nSPS) is 11.5. The molecule has 0 saturated carbocycles. The highest BCUT2D eigenvalue weighted by molar-refractivity contribution is 7.89. The molecule has 8 nitrogen and oxygen atoms in total. The minimum Gasteiger partial charge on any atom is -0.345 e. The molecule has 0 aliphatic heterocycles. The number of hydrogen-bond acceptors (Lipinski definition) is 5. The van der Waals surface area contributed by atoms with Crippen LogP contribution in [-0.4, -0.2) is 30.9 Å². The van der Waals surface area contributed by atoms with E-state index in [1.807, 2.05) is 0 Å². The van der Waals surface area contributed by atoms with Crippen molar-refractivity contribution in [3.8, 4) is 0 Å². The molecule has 0 bridgehead atoms. The molecule has 26 heavy (non-hydrogen) atoms. The summed E-state index contributed by atoms with van der Waals surface area (Å²) in [5.74, 6) is -0.482. The Morgan fingerprint density at radius 2 is 2.00 bits per heavy atom. The highest BCUT2D eigenvalue weighted by Crippen LogP contribution is 2.24. The van der Waals surface area contributed by atoms with Gasteiger partial charge >= 0.3 is 0 Å². The summed E-state index contributed by atoms with van der Waals surface area (Å²) >= 11 is 5.96. The van der Waals surface area contributed by atoms with E-state index in [2.05, 4.69) is 20.6 Å². The summed E-state index contributed by atoms with van der Waals surface area (Å²) < 4.78 is 27.4. The third kappa shape index (κ3) is 3.50. The van der Waals surface area contributed by atoms with Crippen LogP contribution in [0.25, 0.3) is 10.9 Å². The number of halogens is 1. The van der Waals surface area contributed by atoms with Crippen molar-refractivity contribution >= 4 is 44.1 Å². The second kappa shape index (κ2) is 6.94. The second-order valence-corrected chi connectivity index (χ2v) is 7.80. The number of benzene rings is 1. The number of fused-ring (bicyclic) bond motifs is 1. The summed E-state index contributed by atoms with van der Waals surface area (Å²) in [7, 11) is -0.725. The van der Waals surface area contributed by atoms with Gasteiger partial charge in [-0.3, -0.25) is 20.6 Å². The minimum absolute atomic E-state index is 0.0108. The molecule has 1 amide bonds. The number of amides is 1. The van der Waals surface area contributed by atoms with Gasteiger partial charge in [0.2, 0.25) is 10.0 Å². The average Bonchev–Trinajstić information content (AvgIpc) is 3.02. The molecule has 0 aliphatic carbocycles. The Bertz CT molecular complexity index is 1090. The molecule has 0 fully saturated rings. The number of sulfonamides is 1. The molecule has 0 saturated heterocycles. The molecule has 0 radical (unpaired) electrons. The predicted octanol–water partition coefficient (Wildman–Crippen LogP) is 1.89. The molecular weight excluding hydrogens is 378 g/mol. The fourth-order valence-corrected chi connectivity index (χ4v) is 3.41. The number of nitrogens with one attached hydrogen (secondary N) is 3. The average molecular weight is 394 g/mol. The van der Waals surface area contributed by atoms with Crippen molar-refractivity contribution < 1.29 is 13.2 Å². The molecule has 0 aliphatic rings. The number of rotatable bonds is 5. The Morgan fingerprint density at radius 1 is 1.23 bits per heavy atom. The number of carbonyl (C=O) groups is 1. The monoisotopic (exact) mass is 393 g/mol. The summed E-state index contributed by atoms with van der Waals surface area (Å²) in [6, 6.07) is 8.24. The Morgan fingerprint density at radius 3 is 2.73 bits per heavy atom. The lowest BCUT2D eigenvalue weighted by atomic mass is 10.2. The van der Waals surface area contributed by atoms with E-state index in [-0.39, 0.29) is 10.6 Å². The summed E-state index contributed by atoms with van der Waals surface area (Å²) in [5, 5.41) is 1.34. The molecule has 2 heterocycles. The maximum atomic E-state index is 12.4. The van der Waals surface area contributed by atoms with Crippen LogP contribution in [0.3, 0.4) is 0 Å². The highest BCUT2D eigenvalue weighted by Gasteiger charge is 2.19. The number of hydrazine groups is 1. The Labute approximate surface area is 155 Å². The Hall–Kier alpha value is -2.62. The van der Waals surface area contributed by atoms with Crippen molar-refractivity contribution in [1.82, 2.24) is 19.7 Å². The van der Waals surface area contributed by atoms with Crippen LogP contribution in [0.2, 0.25) is 5.02 Å². The maximum absolute atomic E-state index is 12.4. The molecule has 0 atom stereocenters. The fraction of sp³-hybridized carbons (Fsp3) is 0.125. The van der Waals surface area contributed by atoms with E-state index >= 15 is 0 Å².